The molecule has 0 aromatic heterocycles. The van der Waals surface area contributed by atoms with Crippen molar-refractivity contribution >= 4 is 5.97 Å². The summed E-state index contributed by atoms with van der Waals surface area (Å²) >= 11 is 0. The molecular weight excluding hydrogens is 248 g/mol. The molecular formula is C18H34O2. The van der Waals surface area contributed by atoms with Crippen LogP contribution in [0.25, 0.3) is 0 Å². The molecule has 0 heterocycles. The molecule has 0 radical (unpaired) electrons. The van der Waals surface area contributed by atoms with E-state index in [0.717, 1.165) is 25.2 Å². The van der Waals surface area contributed by atoms with E-state index in [9.17, 15) is 4.79 Å². The molecule has 2 atom stereocenters. The van der Waals surface area contributed by atoms with Crippen LogP contribution in [0.5, 0.6) is 0 Å². The lowest BCUT2D eigenvalue weighted by atomic mass is 9.96. The molecule has 0 bridgehead atoms. The summed E-state index contributed by atoms with van der Waals surface area (Å²) in [7, 11) is 0. The molecule has 1 N–H and O–H groups in total. The summed E-state index contributed by atoms with van der Waals surface area (Å²) in [5.74, 6) is -0.0495. The van der Waals surface area contributed by atoms with Crippen molar-refractivity contribution in [1.29, 1.82) is 0 Å². The van der Waals surface area contributed by atoms with Crippen LogP contribution in [0.1, 0.15) is 85.5 Å². The summed E-state index contributed by atoms with van der Waals surface area (Å²) in [5.41, 5.74) is 1.42. The Morgan fingerprint density at radius 1 is 1.10 bits per heavy atom. The van der Waals surface area contributed by atoms with Gasteiger partial charge in [0.2, 0.25) is 0 Å². The van der Waals surface area contributed by atoms with Gasteiger partial charge < -0.3 is 5.11 Å². The lowest BCUT2D eigenvalue weighted by Gasteiger charge is -2.10. The summed E-state index contributed by atoms with van der Waals surface area (Å²) in [6.07, 6.45) is 13.0. The zero-order chi connectivity index (χ0) is 15.4. The molecule has 0 aromatic carbocycles. The summed E-state index contributed by atoms with van der Waals surface area (Å²) < 4.78 is 0. The standard InChI is InChI=1S/C18H34O2/c1-5-6-7-10-15(2)11-8-12-16(3)13-9-14-17(4)18(19)20/h12,15,17H,5-11,13-14H2,1-4H3,(H,19,20). The van der Waals surface area contributed by atoms with Crippen LogP contribution >= 0.6 is 0 Å². The van der Waals surface area contributed by atoms with Crippen molar-refractivity contribution < 1.29 is 9.90 Å². The molecule has 2 heteroatoms. The van der Waals surface area contributed by atoms with Gasteiger partial charge in [-0.05, 0) is 44.9 Å². The number of carboxylic acid groups (broad SMARTS) is 1. The highest BCUT2D eigenvalue weighted by Gasteiger charge is 2.09. The van der Waals surface area contributed by atoms with Crippen LogP contribution in [-0.2, 0) is 4.79 Å². The van der Waals surface area contributed by atoms with Gasteiger partial charge in [0.15, 0.2) is 0 Å². The minimum Gasteiger partial charge on any atom is -0.481 e. The molecule has 0 aliphatic carbocycles. The second kappa shape index (κ2) is 12.0. The van der Waals surface area contributed by atoms with Crippen LogP contribution in [0, 0.1) is 11.8 Å². The van der Waals surface area contributed by atoms with Crippen molar-refractivity contribution in [3.8, 4) is 0 Å². The van der Waals surface area contributed by atoms with E-state index in [1.807, 2.05) is 0 Å². The Labute approximate surface area is 125 Å². The van der Waals surface area contributed by atoms with Crippen molar-refractivity contribution in [2.45, 2.75) is 85.5 Å². The van der Waals surface area contributed by atoms with Gasteiger partial charge in [-0.1, -0.05) is 58.1 Å². The Bertz CT molecular complexity index is 281. The van der Waals surface area contributed by atoms with Crippen molar-refractivity contribution in [2.24, 2.45) is 11.8 Å². The van der Waals surface area contributed by atoms with Crippen LogP contribution in [0.3, 0.4) is 0 Å². The van der Waals surface area contributed by atoms with Crippen LogP contribution in [0.4, 0.5) is 0 Å². The SMILES string of the molecule is CCCCCC(C)CCC=C(C)CCCC(C)C(=O)O. The molecule has 0 amide bonds. The molecule has 0 saturated heterocycles. The van der Waals surface area contributed by atoms with Gasteiger partial charge in [-0.2, -0.15) is 0 Å². The fourth-order valence-corrected chi connectivity index (χ4v) is 2.41. The number of carboxylic acids is 1. The molecule has 0 aliphatic rings. The lowest BCUT2D eigenvalue weighted by molar-refractivity contribution is -0.141. The summed E-state index contributed by atoms with van der Waals surface area (Å²) in [5, 5.41) is 8.82. The van der Waals surface area contributed by atoms with Crippen molar-refractivity contribution in [1.82, 2.24) is 0 Å². The number of carbonyl (C=O) groups is 1. The normalized spacial score (nSPS) is 15.1. The van der Waals surface area contributed by atoms with Gasteiger partial charge in [-0.3, -0.25) is 4.79 Å². The number of hydrogen-bond donors (Lipinski definition) is 1. The van der Waals surface area contributed by atoms with E-state index in [-0.39, 0.29) is 5.92 Å². The Kier molecular flexibility index (Phi) is 11.5. The molecule has 118 valence electrons. The summed E-state index contributed by atoms with van der Waals surface area (Å²) in [6.45, 7) is 8.57. The summed E-state index contributed by atoms with van der Waals surface area (Å²) in [4.78, 5) is 10.7. The quantitative estimate of drug-likeness (QED) is 0.362. The lowest BCUT2D eigenvalue weighted by Crippen LogP contribution is -2.08. The first-order valence-corrected chi connectivity index (χ1v) is 8.35. The summed E-state index contributed by atoms with van der Waals surface area (Å²) in [6, 6.07) is 0. The third-order valence-corrected chi connectivity index (χ3v) is 4.08. The van der Waals surface area contributed by atoms with Gasteiger partial charge in [-0.25, -0.2) is 0 Å². The number of aliphatic carboxylic acids is 1. The first kappa shape index (κ1) is 19.2. The van der Waals surface area contributed by atoms with E-state index in [1.165, 1.54) is 44.1 Å². The topological polar surface area (TPSA) is 37.3 Å². The Morgan fingerprint density at radius 3 is 2.40 bits per heavy atom. The molecule has 20 heavy (non-hydrogen) atoms. The first-order chi connectivity index (χ1) is 9.47. The molecule has 0 rings (SSSR count). The van der Waals surface area contributed by atoms with Crippen LogP contribution in [0.2, 0.25) is 0 Å². The molecule has 0 aliphatic heterocycles. The van der Waals surface area contributed by atoms with Crippen LogP contribution in [-0.4, -0.2) is 11.1 Å². The van der Waals surface area contributed by atoms with E-state index >= 15 is 0 Å². The maximum Gasteiger partial charge on any atom is 0.306 e. The number of hydrogen-bond acceptors (Lipinski definition) is 1. The third kappa shape index (κ3) is 11.1. The van der Waals surface area contributed by atoms with E-state index in [4.69, 9.17) is 5.11 Å². The highest BCUT2D eigenvalue weighted by molar-refractivity contribution is 5.69. The van der Waals surface area contributed by atoms with Crippen LogP contribution in [0.15, 0.2) is 11.6 Å². The smallest absolute Gasteiger partial charge is 0.306 e. The minimum atomic E-state index is -0.674. The fourth-order valence-electron chi connectivity index (χ4n) is 2.41. The van der Waals surface area contributed by atoms with Gasteiger partial charge >= 0.3 is 5.97 Å². The molecule has 0 spiro atoms. The second-order valence-electron chi connectivity index (χ2n) is 6.36. The van der Waals surface area contributed by atoms with Crippen molar-refractivity contribution in [3.05, 3.63) is 11.6 Å². The second-order valence-corrected chi connectivity index (χ2v) is 6.36. The van der Waals surface area contributed by atoms with Gasteiger partial charge in [-0.15, -0.1) is 0 Å². The fraction of sp³-hybridized carbons (Fsp3) is 0.833. The number of rotatable bonds is 12. The predicted molar refractivity (Wildman–Crippen MR) is 86.9 cm³/mol. The van der Waals surface area contributed by atoms with Gasteiger partial charge in [0, 0.05) is 0 Å². The Morgan fingerprint density at radius 2 is 1.80 bits per heavy atom. The van der Waals surface area contributed by atoms with Gasteiger partial charge in [0.05, 0.1) is 5.92 Å². The maximum absolute atomic E-state index is 10.7. The van der Waals surface area contributed by atoms with E-state index in [2.05, 4.69) is 26.8 Å². The molecule has 2 nitrogen and oxygen atoms in total. The van der Waals surface area contributed by atoms with E-state index in [0.29, 0.717) is 0 Å². The highest BCUT2D eigenvalue weighted by atomic mass is 16.4. The zero-order valence-corrected chi connectivity index (χ0v) is 14.0. The van der Waals surface area contributed by atoms with E-state index < -0.39 is 5.97 Å². The number of allylic oxidation sites excluding steroid dienone is 2. The third-order valence-electron chi connectivity index (χ3n) is 4.08. The first-order valence-electron chi connectivity index (χ1n) is 8.35. The van der Waals surface area contributed by atoms with Crippen molar-refractivity contribution in [3.63, 3.8) is 0 Å². The largest absolute Gasteiger partial charge is 0.481 e. The predicted octanol–water partition coefficient (Wildman–Crippen LogP) is 5.82. The maximum atomic E-state index is 10.7. The average Bonchev–Trinajstić information content (AvgIpc) is 2.38. The van der Waals surface area contributed by atoms with Crippen LogP contribution < -0.4 is 0 Å². The molecule has 0 aromatic rings. The van der Waals surface area contributed by atoms with Gasteiger partial charge in [0.25, 0.3) is 0 Å². The molecule has 0 fully saturated rings. The zero-order valence-electron chi connectivity index (χ0n) is 14.0. The average molecular weight is 282 g/mol. The molecule has 2 unspecified atom stereocenters. The Balaban J connectivity index is 3.66. The van der Waals surface area contributed by atoms with Gasteiger partial charge in [0.1, 0.15) is 0 Å². The molecule has 0 saturated carbocycles. The number of unbranched alkanes of at least 4 members (excludes halogenated alkanes) is 2. The Hall–Kier alpha value is -0.790. The van der Waals surface area contributed by atoms with E-state index in [1.54, 1.807) is 6.92 Å². The minimum absolute atomic E-state index is 0.207. The highest BCUT2D eigenvalue weighted by Crippen LogP contribution is 2.17. The monoisotopic (exact) mass is 282 g/mol. The van der Waals surface area contributed by atoms with Crippen molar-refractivity contribution in [2.75, 3.05) is 0 Å².